The molecule has 0 atom stereocenters. The molecule has 1 aliphatic carbocycles. The number of ether oxygens (including phenoxy) is 10. The Morgan fingerprint density at radius 2 is 1.21 bits per heavy atom. The van der Waals surface area contributed by atoms with E-state index in [1.807, 2.05) is 63.3 Å². The van der Waals surface area contributed by atoms with E-state index in [0.717, 1.165) is 50.3 Å². The molecule has 0 unspecified atom stereocenters. The number of unbranched alkanes of at least 4 members (excludes halogenated alkanes) is 2. The van der Waals surface area contributed by atoms with Gasteiger partial charge in [0.15, 0.2) is 13.1 Å². The van der Waals surface area contributed by atoms with Crippen molar-refractivity contribution >= 4 is 27.9 Å². The number of methoxy groups -OCH3 is 2. The number of nitrogens with zero attached hydrogens (tertiary/aromatic N) is 2. The first-order valence-electron chi connectivity index (χ1n) is 26.2. The molecule has 76 heavy (non-hydrogen) atoms. The molecular formula is C57H80N2O16S. The molecular weight excluding hydrogens is 1000 g/mol. The summed E-state index contributed by atoms with van der Waals surface area (Å²) in [5.74, 6) is 0.569. The molecule has 1 N–H and O–H groups in total. The molecule has 0 aromatic heterocycles. The van der Waals surface area contributed by atoms with Gasteiger partial charge in [-0.25, -0.2) is 13.0 Å². The van der Waals surface area contributed by atoms with Gasteiger partial charge >= 0.3 is 5.97 Å². The Balaban J connectivity index is 1.37. The summed E-state index contributed by atoms with van der Waals surface area (Å²) in [5, 5.41) is 10.1. The number of hydrogen-bond acceptors (Lipinski definition) is 16. The van der Waals surface area contributed by atoms with E-state index in [0.29, 0.717) is 164 Å². The molecule has 0 spiro atoms. The van der Waals surface area contributed by atoms with Gasteiger partial charge in [0.25, 0.3) is 0 Å². The third-order valence-corrected chi connectivity index (χ3v) is 13.5. The van der Waals surface area contributed by atoms with Crippen LogP contribution in [0, 0.1) is 6.92 Å². The second-order valence-electron chi connectivity index (χ2n) is 18.4. The first-order chi connectivity index (χ1) is 36.9. The molecule has 2 aromatic rings. The van der Waals surface area contributed by atoms with Crippen molar-refractivity contribution in [2.75, 3.05) is 158 Å². The van der Waals surface area contributed by atoms with Gasteiger partial charge in [0.1, 0.15) is 34.9 Å². The van der Waals surface area contributed by atoms with Crippen LogP contribution in [-0.4, -0.2) is 177 Å². The monoisotopic (exact) mass is 1080 g/mol. The summed E-state index contributed by atoms with van der Waals surface area (Å²) >= 11 is 0. The van der Waals surface area contributed by atoms with Gasteiger partial charge in [-0.3, -0.25) is 4.79 Å². The number of carboxylic acid groups (broad SMARTS) is 1. The van der Waals surface area contributed by atoms with E-state index < -0.39 is 21.5 Å². The average Bonchev–Trinajstić information content (AvgIpc) is 3.65. The van der Waals surface area contributed by atoms with Gasteiger partial charge in [-0.1, -0.05) is 62.8 Å². The predicted octanol–water partition coefficient (Wildman–Crippen LogP) is 6.80. The van der Waals surface area contributed by atoms with Crippen LogP contribution in [0.5, 0.6) is 0 Å². The lowest BCUT2D eigenvalue weighted by Gasteiger charge is -2.27. The van der Waals surface area contributed by atoms with Gasteiger partial charge in [0.2, 0.25) is 5.36 Å². The topological polar surface area (TPSA) is 206 Å². The van der Waals surface area contributed by atoms with Crippen molar-refractivity contribution in [1.82, 2.24) is 4.58 Å². The van der Waals surface area contributed by atoms with E-state index in [2.05, 4.69) is 33.8 Å². The van der Waals surface area contributed by atoms with E-state index >= 15 is 0 Å². The summed E-state index contributed by atoms with van der Waals surface area (Å²) in [7, 11) is -1.42. The average molecular weight is 1080 g/mol. The van der Waals surface area contributed by atoms with Crippen molar-refractivity contribution < 1.29 is 74.7 Å². The lowest BCUT2D eigenvalue weighted by Crippen LogP contribution is -2.36. The van der Waals surface area contributed by atoms with E-state index in [1.165, 1.54) is 12.1 Å². The maximum absolute atomic E-state index is 12.2. The van der Waals surface area contributed by atoms with Gasteiger partial charge < -0.3 is 66.3 Å². The number of carbonyl (C=O) groups is 1. The summed E-state index contributed by atoms with van der Waals surface area (Å²) in [4.78, 5) is 13.1. The maximum Gasteiger partial charge on any atom is 0.303 e. The summed E-state index contributed by atoms with van der Waals surface area (Å²) in [6.07, 6.45) is 8.17. The van der Waals surface area contributed by atoms with Crippen LogP contribution in [0.4, 0.5) is 5.69 Å². The third-order valence-electron chi connectivity index (χ3n) is 12.7. The number of aliphatic carboxylic acids is 1. The van der Waals surface area contributed by atoms with E-state index in [4.69, 9.17) is 51.8 Å². The molecule has 0 saturated heterocycles. The number of anilines is 1. The van der Waals surface area contributed by atoms with Gasteiger partial charge in [-0.05, 0) is 61.2 Å². The fourth-order valence-corrected chi connectivity index (χ4v) is 9.14. The highest BCUT2D eigenvalue weighted by Gasteiger charge is 2.40. The zero-order valence-electron chi connectivity index (χ0n) is 45.1. The lowest BCUT2D eigenvalue weighted by molar-refractivity contribution is -0.137. The summed E-state index contributed by atoms with van der Waals surface area (Å²) < 4.78 is 101. The molecule has 5 rings (SSSR count). The zero-order valence-corrected chi connectivity index (χ0v) is 46.0. The van der Waals surface area contributed by atoms with Crippen LogP contribution in [-0.2, 0) is 67.7 Å². The van der Waals surface area contributed by atoms with Crippen molar-refractivity contribution in [2.45, 2.75) is 56.8 Å². The normalized spacial score (nSPS) is 13.9. The van der Waals surface area contributed by atoms with E-state index in [9.17, 15) is 22.9 Å². The second kappa shape index (κ2) is 34.1. The first-order valence-corrected chi connectivity index (χ1v) is 27.6. The Bertz CT molecular complexity index is 2510. The fraction of sp³-hybridized carbons (Fsp3) is 0.544. The molecule has 0 bridgehead atoms. The molecule has 0 saturated carbocycles. The Morgan fingerprint density at radius 1 is 0.684 bits per heavy atom. The van der Waals surface area contributed by atoms with E-state index in [1.54, 1.807) is 20.3 Å². The van der Waals surface area contributed by atoms with Gasteiger partial charge in [-0.15, -0.1) is 0 Å². The molecule has 2 heterocycles. The van der Waals surface area contributed by atoms with Gasteiger partial charge in [0, 0.05) is 66.7 Å². The van der Waals surface area contributed by atoms with Crippen LogP contribution in [0.2, 0.25) is 0 Å². The maximum atomic E-state index is 12.2. The van der Waals surface area contributed by atoms with Crippen LogP contribution in [0.1, 0.15) is 56.2 Å². The van der Waals surface area contributed by atoms with Crippen molar-refractivity contribution in [3.63, 3.8) is 0 Å². The summed E-state index contributed by atoms with van der Waals surface area (Å²) in [6, 6.07) is 20.7. The van der Waals surface area contributed by atoms with Gasteiger partial charge in [-0.2, -0.15) is 0 Å². The standard InChI is InChI=1S/C57H80N2O16S/c1-45-49(15-12-16-54-57(2,3)51-44-48(76(62,63)64)19-21-52(51)59(54)22-11-7-10-17-55(60)61)50-20-18-47(43-53(50)75-56(45)46-13-8-6-9-14-46)58(23-25-67-31-33-71-39-41-73-37-35-69-29-27-65-4)24-26-68-32-34-72-40-42-74-38-36-70-30-28-66-5/h6,8-9,12-16,18-21,43-44H,7,10-11,17,22-42H2,1-5H3,(H-,60,61,62,63,64). The minimum atomic E-state index is -4.69. The predicted molar refractivity (Wildman–Crippen MR) is 289 cm³/mol. The van der Waals surface area contributed by atoms with Crippen LogP contribution >= 0.6 is 0 Å². The van der Waals surface area contributed by atoms with Crippen molar-refractivity contribution in [2.24, 2.45) is 0 Å². The molecule has 2 aromatic carbocycles. The minimum Gasteiger partial charge on any atom is -0.744 e. The Labute approximate surface area is 449 Å². The first kappa shape index (κ1) is 62.0. The van der Waals surface area contributed by atoms with Gasteiger partial charge in [0.05, 0.1) is 117 Å². The molecule has 19 heteroatoms. The molecule has 0 fully saturated rings. The van der Waals surface area contributed by atoms with Crippen LogP contribution in [0.15, 0.2) is 93.9 Å². The highest BCUT2D eigenvalue weighted by molar-refractivity contribution is 7.85. The molecule has 420 valence electrons. The fourth-order valence-electron chi connectivity index (χ4n) is 8.64. The number of allylic oxidation sites excluding steroid dienone is 3. The Kier molecular flexibility index (Phi) is 27.8. The Morgan fingerprint density at radius 3 is 1.72 bits per heavy atom. The lowest BCUT2D eigenvalue weighted by atomic mass is 9.83. The zero-order chi connectivity index (χ0) is 54.4. The molecule has 0 radical (unpaired) electrons. The van der Waals surface area contributed by atoms with E-state index in [-0.39, 0.29) is 11.3 Å². The second-order valence-corrected chi connectivity index (χ2v) is 19.8. The third kappa shape index (κ3) is 20.5. The Hall–Kier alpha value is -4.87. The van der Waals surface area contributed by atoms with Crippen LogP contribution in [0.3, 0.4) is 0 Å². The van der Waals surface area contributed by atoms with Crippen molar-refractivity contribution in [3.8, 4) is 22.6 Å². The molecule has 18 nitrogen and oxygen atoms in total. The largest absolute Gasteiger partial charge is 0.744 e. The number of hydrogen-bond donors (Lipinski definition) is 1. The summed E-state index contributed by atoms with van der Waals surface area (Å²) in [5.41, 5.74) is 5.50. The van der Waals surface area contributed by atoms with Crippen LogP contribution < -0.4 is 14.8 Å². The number of carboxylic acids is 1. The number of benzene rings is 3. The quantitative estimate of drug-likeness (QED) is 0.0276. The van der Waals surface area contributed by atoms with Crippen molar-refractivity contribution in [3.05, 3.63) is 107 Å². The molecule has 2 aliphatic heterocycles. The smallest absolute Gasteiger partial charge is 0.303 e. The number of fused-ring (bicyclic) bond motifs is 2. The molecule has 3 aliphatic rings. The highest BCUT2D eigenvalue weighted by atomic mass is 32.2. The van der Waals surface area contributed by atoms with Crippen molar-refractivity contribution in [1.29, 1.82) is 0 Å². The highest BCUT2D eigenvalue weighted by Crippen LogP contribution is 2.49. The molecule has 0 amide bonds. The number of rotatable bonds is 40. The van der Waals surface area contributed by atoms with Crippen LogP contribution in [0.25, 0.3) is 28.7 Å². The minimum absolute atomic E-state index is 0.0884. The SMILES string of the molecule is COCCOCCOCCOCCOCC[N+](CCOCCOCCOCCOCCOC)=c1ccc2c(/C=C/C=C3\N(CCCCCC(=O)O)c4ccc(S(=O)(=O)[O-])cc4C3(C)C)c(C)c(-c3ccccc3)oc-2c1. The summed E-state index contributed by atoms with van der Waals surface area (Å²) in [6.45, 7) is 16.3.